The first-order chi connectivity index (χ1) is 10.3. The zero-order valence-corrected chi connectivity index (χ0v) is 11.1. The first-order valence-corrected chi connectivity index (χ1v) is 6.55. The first kappa shape index (κ1) is 11.7. The molecule has 2 N–H and O–H groups in total. The molecule has 0 amide bonds. The third kappa shape index (κ3) is 2.04. The van der Waals surface area contributed by atoms with Crippen molar-refractivity contribution in [1.82, 2.24) is 14.4 Å². The Hall–Kier alpha value is -3.08. The summed E-state index contributed by atoms with van der Waals surface area (Å²) < 4.78 is 7.65. The molecule has 4 rings (SSSR count). The minimum Gasteiger partial charge on any atom is -0.436 e. The van der Waals surface area contributed by atoms with E-state index in [9.17, 15) is 0 Å². The number of anilines is 1. The predicted molar refractivity (Wildman–Crippen MR) is 81.4 cm³/mol. The minimum atomic E-state index is 0.385. The van der Waals surface area contributed by atoms with Gasteiger partial charge in [0.25, 0.3) is 5.88 Å². The second kappa shape index (κ2) is 4.49. The number of fused-ring (bicyclic) bond motifs is 2. The highest BCUT2D eigenvalue weighted by Gasteiger charge is 2.09. The largest absolute Gasteiger partial charge is 0.436 e. The predicted octanol–water partition coefficient (Wildman–Crippen LogP) is 3.26. The molecule has 0 bridgehead atoms. The van der Waals surface area contributed by atoms with Crippen LogP contribution in [0.3, 0.4) is 0 Å². The van der Waals surface area contributed by atoms with Crippen LogP contribution in [0.1, 0.15) is 0 Å². The van der Waals surface area contributed by atoms with Gasteiger partial charge in [0.05, 0.1) is 6.20 Å². The van der Waals surface area contributed by atoms with Gasteiger partial charge in [0.1, 0.15) is 11.6 Å². The molecule has 0 spiro atoms. The first-order valence-electron chi connectivity index (χ1n) is 6.55. The molecule has 0 fully saturated rings. The average molecular weight is 276 g/mol. The van der Waals surface area contributed by atoms with Crippen molar-refractivity contribution in [3.8, 4) is 11.6 Å². The summed E-state index contributed by atoms with van der Waals surface area (Å²) in [6, 6.07) is 14.0. The molecule has 0 radical (unpaired) electrons. The van der Waals surface area contributed by atoms with Gasteiger partial charge in [-0.15, -0.1) is 0 Å². The number of nitrogen functional groups attached to an aromatic ring is 1. The summed E-state index contributed by atoms with van der Waals surface area (Å²) in [5.41, 5.74) is 6.42. The molecule has 0 unspecified atom stereocenters. The molecule has 0 aliphatic heterocycles. The zero-order valence-electron chi connectivity index (χ0n) is 11.1. The Morgan fingerprint density at radius 2 is 1.90 bits per heavy atom. The maximum atomic E-state index is 5.86. The van der Waals surface area contributed by atoms with Crippen molar-refractivity contribution in [2.75, 3.05) is 5.73 Å². The van der Waals surface area contributed by atoms with E-state index in [0.29, 0.717) is 23.1 Å². The fourth-order valence-electron chi connectivity index (χ4n) is 2.33. The van der Waals surface area contributed by atoms with E-state index < -0.39 is 0 Å². The van der Waals surface area contributed by atoms with Gasteiger partial charge < -0.3 is 10.5 Å². The summed E-state index contributed by atoms with van der Waals surface area (Å²) in [6.45, 7) is 0. The summed E-state index contributed by atoms with van der Waals surface area (Å²) >= 11 is 0. The van der Waals surface area contributed by atoms with Crippen LogP contribution < -0.4 is 10.5 Å². The highest BCUT2D eigenvalue weighted by molar-refractivity contribution is 5.83. The highest BCUT2D eigenvalue weighted by atomic mass is 16.5. The summed E-state index contributed by atoms with van der Waals surface area (Å²) in [4.78, 5) is 8.46. The van der Waals surface area contributed by atoms with Crippen LogP contribution in [0.4, 0.5) is 5.82 Å². The second-order valence-corrected chi connectivity index (χ2v) is 4.74. The molecular formula is C16H12N4O. The zero-order chi connectivity index (χ0) is 14.2. The normalized spacial score (nSPS) is 11.0. The number of hydrogen-bond acceptors (Lipinski definition) is 4. The molecule has 0 aliphatic rings. The number of benzene rings is 2. The Balaban J connectivity index is 1.80. The smallest absolute Gasteiger partial charge is 0.265 e. The number of aromatic nitrogens is 3. The monoisotopic (exact) mass is 276 g/mol. The van der Waals surface area contributed by atoms with Crippen molar-refractivity contribution in [3.63, 3.8) is 0 Å². The van der Waals surface area contributed by atoms with Crippen LogP contribution in [-0.2, 0) is 0 Å². The van der Waals surface area contributed by atoms with E-state index in [2.05, 4.69) is 16.0 Å². The standard InChI is InChI=1S/C16H12N4O/c17-14-10-20-8-7-18-15(20)16(19-14)21-13-6-5-11-3-1-2-4-12(11)9-13/h1-10H,17H2. The van der Waals surface area contributed by atoms with Crippen molar-refractivity contribution in [3.05, 3.63) is 61.1 Å². The van der Waals surface area contributed by atoms with Gasteiger partial charge in [0.2, 0.25) is 5.65 Å². The Kier molecular flexibility index (Phi) is 2.50. The topological polar surface area (TPSA) is 65.4 Å². The Morgan fingerprint density at radius 1 is 1.05 bits per heavy atom. The van der Waals surface area contributed by atoms with Gasteiger partial charge in [-0.25, -0.2) is 4.98 Å². The lowest BCUT2D eigenvalue weighted by Crippen LogP contribution is -1.98. The van der Waals surface area contributed by atoms with E-state index in [0.717, 1.165) is 10.8 Å². The second-order valence-electron chi connectivity index (χ2n) is 4.74. The van der Waals surface area contributed by atoms with Crippen molar-refractivity contribution >= 4 is 22.2 Å². The van der Waals surface area contributed by atoms with Crippen LogP contribution in [-0.4, -0.2) is 14.4 Å². The van der Waals surface area contributed by atoms with E-state index in [1.54, 1.807) is 23.0 Å². The number of rotatable bonds is 2. The van der Waals surface area contributed by atoms with Gasteiger partial charge >= 0.3 is 0 Å². The summed E-state index contributed by atoms with van der Waals surface area (Å²) in [5, 5.41) is 2.27. The van der Waals surface area contributed by atoms with Gasteiger partial charge in [-0.1, -0.05) is 30.3 Å². The Labute approximate surface area is 120 Å². The SMILES string of the molecule is Nc1cn2ccnc2c(Oc2ccc3ccccc3c2)n1. The van der Waals surface area contributed by atoms with Gasteiger partial charge in [-0.3, -0.25) is 4.40 Å². The molecule has 5 heteroatoms. The molecule has 0 aliphatic carbocycles. The van der Waals surface area contributed by atoms with Crippen molar-refractivity contribution in [1.29, 1.82) is 0 Å². The van der Waals surface area contributed by atoms with E-state index in [-0.39, 0.29) is 0 Å². The minimum absolute atomic E-state index is 0.385. The maximum Gasteiger partial charge on any atom is 0.265 e. The number of imidazole rings is 1. The average Bonchev–Trinajstić information content (AvgIpc) is 2.95. The Morgan fingerprint density at radius 3 is 2.81 bits per heavy atom. The summed E-state index contributed by atoms with van der Waals surface area (Å²) in [5.74, 6) is 1.49. The quantitative estimate of drug-likeness (QED) is 0.610. The van der Waals surface area contributed by atoms with Gasteiger partial charge in [0.15, 0.2) is 0 Å². The van der Waals surface area contributed by atoms with Gasteiger partial charge in [0, 0.05) is 12.4 Å². The van der Waals surface area contributed by atoms with Gasteiger partial charge in [-0.2, -0.15) is 4.98 Å². The van der Waals surface area contributed by atoms with Crippen LogP contribution in [0.25, 0.3) is 16.4 Å². The van der Waals surface area contributed by atoms with Crippen molar-refractivity contribution in [2.24, 2.45) is 0 Å². The van der Waals surface area contributed by atoms with Crippen LogP contribution in [0.2, 0.25) is 0 Å². The lowest BCUT2D eigenvalue weighted by Gasteiger charge is -2.08. The third-order valence-corrected chi connectivity index (χ3v) is 3.30. The van der Waals surface area contributed by atoms with E-state index in [1.807, 2.05) is 36.4 Å². The van der Waals surface area contributed by atoms with Gasteiger partial charge in [-0.05, 0) is 22.9 Å². The molecule has 21 heavy (non-hydrogen) atoms. The Bertz CT molecular complexity index is 945. The molecule has 5 nitrogen and oxygen atoms in total. The van der Waals surface area contributed by atoms with Crippen LogP contribution >= 0.6 is 0 Å². The molecule has 2 aromatic heterocycles. The molecule has 2 aromatic carbocycles. The molecule has 102 valence electrons. The fraction of sp³-hybridized carbons (Fsp3) is 0. The lowest BCUT2D eigenvalue weighted by atomic mass is 10.1. The molecule has 2 heterocycles. The molecule has 4 aromatic rings. The van der Waals surface area contributed by atoms with Crippen molar-refractivity contribution in [2.45, 2.75) is 0 Å². The summed E-state index contributed by atoms with van der Waals surface area (Å²) in [7, 11) is 0. The number of nitrogens with zero attached hydrogens (tertiary/aromatic N) is 3. The lowest BCUT2D eigenvalue weighted by molar-refractivity contribution is 0.466. The fourth-order valence-corrected chi connectivity index (χ4v) is 2.33. The van der Waals surface area contributed by atoms with Crippen molar-refractivity contribution < 1.29 is 4.74 Å². The number of nitrogens with two attached hydrogens (primary N) is 1. The number of ether oxygens (including phenoxy) is 1. The van der Waals surface area contributed by atoms with E-state index in [1.165, 1.54) is 0 Å². The third-order valence-electron chi connectivity index (χ3n) is 3.30. The van der Waals surface area contributed by atoms with Crippen LogP contribution in [0.5, 0.6) is 11.6 Å². The maximum absolute atomic E-state index is 5.86. The molecule has 0 saturated carbocycles. The molecule has 0 saturated heterocycles. The molecule has 0 atom stereocenters. The van der Waals surface area contributed by atoms with Crippen LogP contribution in [0, 0.1) is 0 Å². The van der Waals surface area contributed by atoms with E-state index in [4.69, 9.17) is 10.5 Å². The van der Waals surface area contributed by atoms with Crippen LogP contribution in [0.15, 0.2) is 61.1 Å². The number of hydrogen-bond donors (Lipinski definition) is 1. The molecular weight excluding hydrogens is 264 g/mol. The summed E-state index contributed by atoms with van der Waals surface area (Å²) in [6.07, 6.45) is 5.19. The highest BCUT2D eigenvalue weighted by Crippen LogP contribution is 2.27. The van der Waals surface area contributed by atoms with E-state index >= 15 is 0 Å².